The minimum Gasteiger partial charge on any atom is -0.469 e. The van der Waals surface area contributed by atoms with Gasteiger partial charge in [0, 0.05) is 30.3 Å². The second-order valence-corrected chi connectivity index (χ2v) is 6.60. The number of hydrogen-bond donors (Lipinski definition) is 0. The molecule has 0 unspecified atom stereocenters. The molecule has 158 valence electrons. The second-order valence-electron chi connectivity index (χ2n) is 6.60. The summed E-state index contributed by atoms with van der Waals surface area (Å²) >= 11 is 0. The molecular formula is C20H22F2N6O2. The highest BCUT2D eigenvalue weighted by Gasteiger charge is 2.23. The van der Waals surface area contributed by atoms with Crippen LogP contribution < -0.4 is 4.74 Å². The summed E-state index contributed by atoms with van der Waals surface area (Å²) in [4.78, 5) is 11.0. The first kappa shape index (κ1) is 21.3. The number of halogens is 2. The summed E-state index contributed by atoms with van der Waals surface area (Å²) in [5.74, 6) is -1.96. The van der Waals surface area contributed by atoms with Gasteiger partial charge in [0.15, 0.2) is 6.61 Å². The normalized spacial score (nSPS) is 12.1. The van der Waals surface area contributed by atoms with Crippen LogP contribution in [0, 0.1) is 0 Å². The molecule has 0 radical (unpaired) electrons. The number of benzene rings is 1. The van der Waals surface area contributed by atoms with Crippen LogP contribution in [0.5, 0.6) is 5.88 Å². The van der Waals surface area contributed by atoms with E-state index in [1.54, 1.807) is 37.4 Å². The van der Waals surface area contributed by atoms with Crippen LogP contribution >= 0.6 is 0 Å². The molecule has 0 bridgehead atoms. The first-order valence-corrected chi connectivity index (χ1v) is 9.35. The Hall–Kier alpha value is -3.43. The fourth-order valence-electron chi connectivity index (χ4n) is 2.44. The summed E-state index contributed by atoms with van der Waals surface area (Å²) in [6, 6.07) is 9.48. The first-order chi connectivity index (χ1) is 14.3. The zero-order chi connectivity index (χ0) is 21.6. The lowest BCUT2D eigenvalue weighted by Gasteiger charge is -2.10. The summed E-state index contributed by atoms with van der Waals surface area (Å²) in [6.45, 7) is 5.55. The van der Waals surface area contributed by atoms with Crippen LogP contribution in [-0.2, 0) is 30.5 Å². The van der Waals surface area contributed by atoms with Crippen molar-refractivity contribution in [2.45, 2.75) is 46.5 Å². The molecule has 2 aromatic heterocycles. The molecule has 0 atom stereocenters. The van der Waals surface area contributed by atoms with Crippen molar-refractivity contribution < 1.29 is 18.4 Å². The lowest BCUT2D eigenvalue weighted by atomic mass is 10.1. The van der Waals surface area contributed by atoms with E-state index in [2.05, 4.69) is 25.6 Å². The molecule has 8 nitrogen and oxygen atoms in total. The average molecular weight is 416 g/mol. The number of alkyl halides is 2. The molecule has 0 aliphatic carbocycles. The zero-order valence-electron chi connectivity index (χ0n) is 16.9. The fourth-order valence-corrected chi connectivity index (χ4v) is 2.44. The van der Waals surface area contributed by atoms with Gasteiger partial charge in [-0.3, -0.25) is 0 Å². The number of pyridine rings is 1. The van der Waals surface area contributed by atoms with E-state index in [0.29, 0.717) is 24.0 Å². The molecule has 3 aromatic rings. The molecule has 0 saturated heterocycles. The zero-order valence-corrected chi connectivity index (χ0v) is 16.9. The van der Waals surface area contributed by atoms with Crippen molar-refractivity contribution in [1.29, 1.82) is 0 Å². The van der Waals surface area contributed by atoms with E-state index in [9.17, 15) is 8.78 Å². The van der Waals surface area contributed by atoms with Crippen LogP contribution in [0.25, 0.3) is 0 Å². The average Bonchev–Trinajstić information content (AvgIpc) is 3.20. The third-order valence-corrected chi connectivity index (χ3v) is 4.17. The van der Waals surface area contributed by atoms with Crippen molar-refractivity contribution in [3.63, 3.8) is 0 Å². The van der Waals surface area contributed by atoms with Gasteiger partial charge in [0.05, 0.1) is 12.3 Å². The van der Waals surface area contributed by atoms with Gasteiger partial charge in [-0.25, -0.2) is 13.8 Å². The number of rotatable bonds is 9. The fraction of sp³-hybridized carbons (Fsp3) is 0.350. The number of nitrogens with zero attached hydrogens (tertiary/aromatic N) is 6. The van der Waals surface area contributed by atoms with Crippen LogP contribution in [0.15, 0.2) is 47.8 Å². The maximum absolute atomic E-state index is 13.2. The van der Waals surface area contributed by atoms with Gasteiger partial charge in [-0.15, -0.1) is 10.2 Å². The second kappa shape index (κ2) is 9.38. The van der Waals surface area contributed by atoms with Gasteiger partial charge in [0.25, 0.3) is 5.92 Å². The van der Waals surface area contributed by atoms with Gasteiger partial charge < -0.3 is 9.57 Å². The Balaban J connectivity index is 1.50. The lowest BCUT2D eigenvalue weighted by molar-refractivity contribution is 0.0174. The molecule has 0 N–H and O–H groups in total. The standard InChI is InChI=1S/C20H22F2N6O2/c1-4-28-25-18(24-27-28)13-29-19-10-7-16(11-23-19)14(2)26-30-12-15-5-8-17(9-6-15)20(3,21)22/h5-11H,4,12-13H2,1-3H3/b26-14+. The van der Waals surface area contributed by atoms with Crippen LogP contribution in [0.3, 0.4) is 0 Å². The van der Waals surface area contributed by atoms with Crippen LogP contribution in [0.4, 0.5) is 8.78 Å². The third-order valence-electron chi connectivity index (χ3n) is 4.17. The van der Waals surface area contributed by atoms with Crippen molar-refractivity contribution in [3.05, 3.63) is 65.1 Å². The van der Waals surface area contributed by atoms with Crippen molar-refractivity contribution in [3.8, 4) is 5.88 Å². The van der Waals surface area contributed by atoms with Gasteiger partial charge in [0.2, 0.25) is 11.7 Å². The summed E-state index contributed by atoms with van der Waals surface area (Å²) in [6.07, 6.45) is 1.62. The quantitative estimate of drug-likeness (QED) is 0.390. The SMILES string of the molecule is CCn1nnc(COc2ccc(/C(C)=N/OCc3ccc(C(C)(F)F)cc3)cn2)n1. The minimum atomic E-state index is -2.86. The number of aromatic nitrogens is 5. The Kier molecular flexibility index (Phi) is 6.65. The van der Waals surface area contributed by atoms with Gasteiger partial charge in [-0.2, -0.15) is 4.80 Å². The lowest BCUT2D eigenvalue weighted by Crippen LogP contribution is -2.06. The Morgan fingerprint density at radius 3 is 2.50 bits per heavy atom. The molecule has 0 spiro atoms. The summed E-state index contributed by atoms with van der Waals surface area (Å²) in [5, 5.41) is 15.9. The molecule has 2 heterocycles. The Morgan fingerprint density at radius 1 is 1.13 bits per heavy atom. The van der Waals surface area contributed by atoms with Crippen molar-refractivity contribution in [2.75, 3.05) is 0 Å². The summed E-state index contributed by atoms with van der Waals surface area (Å²) < 4.78 is 32.0. The molecule has 0 saturated carbocycles. The minimum absolute atomic E-state index is 0.0370. The summed E-state index contributed by atoms with van der Waals surface area (Å²) in [5.41, 5.74) is 2.09. The summed E-state index contributed by atoms with van der Waals surface area (Å²) in [7, 11) is 0. The predicted octanol–water partition coefficient (Wildman–Crippen LogP) is 3.72. The molecule has 30 heavy (non-hydrogen) atoms. The van der Waals surface area contributed by atoms with Crippen molar-refractivity contribution in [1.82, 2.24) is 25.2 Å². The number of ether oxygens (including phenoxy) is 1. The molecule has 3 rings (SSSR count). The van der Waals surface area contributed by atoms with Gasteiger partial charge in [-0.1, -0.05) is 29.4 Å². The smallest absolute Gasteiger partial charge is 0.270 e. The topological polar surface area (TPSA) is 87.3 Å². The Morgan fingerprint density at radius 2 is 1.90 bits per heavy atom. The molecule has 0 aliphatic rings. The van der Waals surface area contributed by atoms with E-state index in [1.807, 2.05) is 6.92 Å². The van der Waals surface area contributed by atoms with Crippen LogP contribution in [0.2, 0.25) is 0 Å². The van der Waals surface area contributed by atoms with Gasteiger partial charge >= 0.3 is 0 Å². The first-order valence-electron chi connectivity index (χ1n) is 9.35. The van der Waals surface area contributed by atoms with Crippen LogP contribution in [-0.4, -0.2) is 30.9 Å². The van der Waals surface area contributed by atoms with Crippen molar-refractivity contribution in [2.24, 2.45) is 5.16 Å². The molecular weight excluding hydrogens is 394 g/mol. The molecule has 0 aliphatic heterocycles. The van der Waals surface area contributed by atoms with E-state index in [4.69, 9.17) is 9.57 Å². The number of oxime groups is 1. The number of hydrogen-bond acceptors (Lipinski definition) is 7. The number of aryl methyl sites for hydroxylation is 1. The molecule has 10 heteroatoms. The maximum atomic E-state index is 13.2. The highest BCUT2D eigenvalue weighted by Crippen LogP contribution is 2.26. The van der Waals surface area contributed by atoms with E-state index in [-0.39, 0.29) is 18.8 Å². The molecule has 1 aromatic carbocycles. The molecule has 0 amide bonds. The predicted molar refractivity (Wildman–Crippen MR) is 105 cm³/mol. The number of tetrazole rings is 1. The van der Waals surface area contributed by atoms with Crippen LogP contribution in [0.1, 0.15) is 43.3 Å². The highest BCUT2D eigenvalue weighted by molar-refractivity contribution is 5.98. The van der Waals surface area contributed by atoms with E-state index in [0.717, 1.165) is 18.1 Å². The molecule has 0 fully saturated rings. The largest absolute Gasteiger partial charge is 0.469 e. The van der Waals surface area contributed by atoms with E-state index >= 15 is 0 Å². The Labute approximate surface area is 172 Å². The van der Waals surface area contributed by atoms with Crippen molar-refractivity contribution >= 4 is 5.71 Å². The van der Waals surface area contributed by atoms with E-state index in [1.165, 1.54) is 16.9 Å². The Bertz CT molecular complexity index is 982. The third kappa shape index (κ3) is 5.79. The maximum Gasteiger partial charge on any atom is 0.270 e. The van der Waals surface area contributed by atoms with E-state index < -0.39 is 5.92 Å². The monoisotopic (exact) mass is 416 g/mol. The highest BCUT2D eigenvalue weighted by atomic mass is 19.3. The van der Waals surface area contributed by atoms with Gasteiger partial charge in [-0.05, 0) is 30.7 Å². The van der Waals surface area contributed by atoms with Gasteiger partial charge in [0.1, 0.15) is 6.61 Å².